The predicted molar refractivity (Wildman–Crippen MR) is 76.6 cm³/mol. The summed E-state index contributed by atoms with van der Waals surface area (Å²) in [6.07, 6.45) is -0.657. The highest BCUT2D eigenvalue weighted by Gasteiger charge is 2.12. The van der Waals surface area contributed by atoms with E-state index in [2.05, 4.69) is 9.97 Å². The summed E-state index contributed by atoms with van der Waals surface area (Å²) in [6, 6.07) is 14.5. The number of carbonyl (C=O) groups is 1. The Bertz CT molecular complexity index is 761. The molecule has 0 fully saturated rings. The summed E-state index contributed by atoms with van der Waals surface area (Å²) < 4.78 is 0. The molecule has 1 aromatic heterocycles. The molecular formula is C16H14N2O2. The third kappa shape index (κ3) is 2.21. The van der Waals surface area contributed by atoms with Crippen LogP contribution in [-0.4, -0.2) is 20.9 Å². The molecule has 0 aliphatic carbocycles. The molecule has 0 saturated heterocycles. The topological polar surface area (TPSA) is 66.0 Å². The molecule has 1 atom stereocenters. The zero-order chi connectivity index (χ0) is 14.1. The minimum atomic E-state index is -0.657. The first-order valence-electron chi connectivity index (χ1n) is 6.42. The number of aliphatic hydroxyl groups is 1. The molecule has 0 bridgehead atoms. The molecule has 0 amide bonds. The van der Waals surface area contributed by atoms with E-state index in [1.54, 1.807) is 37.3 Å². The van der Waals surface area contributed by atoms with Crippen molar-refractivity contribution in [1.29, 1.82) is 0 Å². The third-order valence-electron chi connectivity index (χ3n) is 3.19. The van der Waals surface area contributed by atoms with Crippen LogP contribution in [-0.2, 0) is 0 Å². The van der Waals surface area contributed by atoms with Crippen molar-refractivity contribution in [2.45, 2.75) is 13.0 Å². The van der Waals surface area contributed by atoms with Gasteiger partial charge in [-0.25, -0.2) is 4.98 Å². The zero-order valence-electron chi connectivity index (χ0n) is 11.0. The highest BCUT2D eigenvalue weighted by molar-refractivity contribution is 6.10. The first-order valence-corrected chi connectivity index (χ1v) is 6.42. The van der Waals surface area contributed by atoms with Gasteiger partial charge < -0.3 is 10.1 Å². The van der Waals surface area contributed by atoms with E-state index < -0.39 is 6.10 Å². The van der Waals surface area contributed by atoms with Crippen LogP contribution in [0.25, 0.3) is 11.0 Å². The molecule has 0 aliphatic rings. The fourth-order valence-electron chi connectivity index (χ4n) is 2.12. The van der Waals surface area contributed by atoms with Gasteiger partial charge in [0.05, 0.1) is 11.0 Å². The maximum absolute atomic E-state index is 12.3. The van der Waals surface area contributed by atoms with Crippen LogP contribution < -0.4 is 0 Å². The van der Waals surface area contributed by atoms with Gasteiger partial charge in [-0.1, -0.05) is 30.3 Å². The predicted octanol–water partition coefficient (Wildman–Crippen LogP) is 2.85. The average Bonchev–Trinajstić information content (AvgIpc) is 2.90. The number of imidazole rings is 1. The molecule has 0 aliphatic heterocycles. The largest absolute Gasteiger partial charge is 0.385 e. The molecule has 3 aromatic rings. The van der Waals surface area contributed by atoms with Gasteiger partial charge in [-0.15, -0.1) is 0 Å². The van der Waals surface area contributed by atoms with Crippen molar-refractivity contribution in [3.05, 3.63) is 65.5 Å². The summed E-state index contributed by atoms with van der Waals surface area (Å²) in [4.78, 5) is 19.6. The number of hydrogen-bond donors (Lipinski definition) is 2. The van der Waals surface area contributed by atoms with Gasteiger partial charge in [-0.2, -0.15) is 0 Å². The van der Waals surface area contributed by atoms with Crippen molar-refractivity contribution in [1.82, 2.24) is 9.97 Å². The number of aromatic nitrogens is 2. The molecule has 4 heteroatoms. The van der Waals surface area contributed by atoms with E-state index in [1.165, 1.54) is 0 Å². The van der Waals surface area contributed by atoms with Crippen molar-refractivity contribution in [3.63, 3.8) is 0 Å². The summed E-state index contributed by atoms with van der Waals surface area (Å²) in [5.74, 6) is 0.477. The SMILES string of the molecule is CC(O)c1nc2ccc(C(=O)c3ccccc3)cc2[nH]1. The second-order valence-corrected chi connectivity index (χ2v) is 4.73. The first-order chi connectivity index (χ1) is 9.65. The van der Waals surface area contributed by atoms with E-state index in [9.17, 15) is 9.90 Å². The summed E-state index contributed by atoms with van der Waals surface area (Å²) >= 11 is 0. The van der Waals surface area contributed by atoms with Crippen LogP contribution in [0.2, 0.25) is 0 Å². The summed E-state index contributed by atoms with van der Waals surface area (Å²) in [7, 11) is 0. The summed E-state index contributed by atoms with van der Waals surface area (Å²) in [5, 5.41) is 9.52. The van der Waals surface area contributed by atoms with Crippen LogP contribution >= 0.6 is 0 Å². The highest BCUT2D eigenvalue weighted by atomic mass is 16.3. The molecule has 0 radical (unpaired) electrons. The van der Waals surface area contributed by atoms with Crippen LogP contribution in [0.4, 0.5) is 0 Å². The number of benzene rings is 2. The molecule has 20 heavy (non-hydrogen) atoms. The lowest BCUT2D eigenvalue weighted by atomic mass is 10.0. The number of rotatable bonds is 3. The average molecular weight is 266 g/mol. The van der Waals surface area contributed by atoms with Gasteiger partial charge in [0.25, 0.3) is 0 Å². The van der Waals surface area contributed by atoms with Crippen molar-refractivity contribution in [3.8, 4) is 0 Å². The van der Waals surface area contributed by atoms with E-state index in [4.69, 9.17) is 0 Å². The van der Waals surface area contributed by atoms with Crippen molar-refractivity contribution in [2.75, 3.05) is 0 Å². The number of nitrogens with one attached hydrogen (secondary N) is 1. The smallest absolute Gasteiger partial charge is 0.193 e. The monoisotopic (exact) mass is 266 g/mol. The number of H-pyrrole nitrogens is 1. The number of aromatic amines is 1. The number of hydrogen-bond acceptors (Lipinski definition) is 3. The Morgan fingerprint density at radius 2 is 1.90 bits per heavy atom. The molecule has 2 aromatic carbocycles. The number of carbonyl (C=O) groups excluding carboxylic acids is 1. The van der Waals surface area contributed by atoms with E-state index in [0.717, 1.165) is 11.0 Å². The maximum atomic E-state index is 12.3. The van der Waals surface area contributed by atoms with Crippen LogP contribution in [0.1, 0.15) is 34.8 Å². The Morgan fingerprint density at radius 1 is 1.15 bits per heavy atom. The Labute approximate surface area is 116 Å². The zero-order valence-corrected chi connectivity index (χ0v) is 11.0. The number of nitrogens with zero attached hydrogens (tertiary/aromatic N) is 1. The first kappa shape index (κ1) is 12.6. The van der Waals surface area contributed by atoms with Crippen molar-refractivity contribution >= 4 is 16.8 Å². The second kappa shape index (κ2) is 4.90. The van der Waals surface area contributed by atoms with Gasteiger partial charge in [0.2, 0.25) is 0 Å². The van der Waals surface area contributed by atoms with E-state index in [-0.39, 0.29) is 5.78 Å². The minimum absolute atomic E-state index is 0.0271. The molecule has 0 saturated carbocycles. The van der Waals surface area contributed by atoms with Crippen LogP contribution in [0.15, 0.2) is 48.5 Å². The molecule has 100 valence electrons. The maximum Gasteiger partial charge on any atom is 0.193 e. The number of ketones is 1. The molecule has 1 heterocycles. The fourth-order valence-corrected chi connectivity index (χ4v) is 2.12. The van der Waals surface area contributed by atoms with Crippen molar-refractivity contribution < 1.29 is 9.90 Å². The highest BCUT2D eigenvalue weighted by Crippen LogP contribution is 2.19. The van der Waals surface area contributed by atoms with E-state index in [1.807, 2.05) is 18.2 Å². The Balaban J connectivity index is 2.02. The van der Waals surface area contributed by atoms with E-state index in [0.29, 0.717) is 17.0 Å². The number of aliphatic hydroxyl groups excluding tert-OH is 1. The normalized spacial score (nSPS) is 12.5. The molecule has 0 spiro atoms. The van der Waals surface area contributed by atoms with Gasteiger partial charge in [0.1, 0.15) is 11.9 Å². The molecule has 3 rings (SSSR count). The fraction of sp³-hybridized carbons (Fsp3) is 0.125. The minimum Gasteiger partial charge on any atom is -0.385 e. The summed E-state index contributed by atoms with van der Waals surface area (Å²) in [5.41, 5.74) is 2.75. The Morgan fingerprint density at radius 3 is 2.60 bits per heavy atom. The Hall–Kier alpha value is -2.46. The lowest BCUT2D eigenvalue weighted by Crippen LogP contribution is -2.00. The second-order valence-electron chi connectivity index (χ2n) is 4.73. The van der Waals surface area contributed by atoms with E-state index >= 15 is 0 Å². The summed E-state index contributed by atoms with van der Waals surface area (Å²) in [6.45, 7) is 1.65. The van der Waals surface area contributed by atoms with Gasteiger partial charge in [0, 0.05) is 11.1 Å². The molecular weight excluding hydrogens is 252 g/mol. The Kier molecular flexibility index (Phi) is 3.08. The lowest BCUT2D eigenvalue weighted by Gasteiger charge is -2.00. The van der Waals surface area contributed by atoms with Crippen LogP contribution in [0.3, 0.4) is 0 Å². The third-order valence-corrected chi connectivity index (χ3v) is 3.19. The number of fused-ring (bicyclic) bond motifs is 1. The van der Waals surface area contributed by atoms with Crippen LogP contribution in [0, 0.1) is 0 Å². The van der Waals surface area contributed by atoms with Gasteiger partial charge in [0.15, 0.2) is 5.78 Å². The van der Waals surface area contributed by atoms with Gasteiger partial charge >= 0.3 is 0 Å². The van der Waals surface area contributed by atoms with Gasteiger partial charge in [-0.3, -0.25) is 4.79 Å². The standard InChI is InChI=1S/C16H14N2O2/c1-10(19)16-17-13-8-7-12(9-14(13)18-16)15(20)11-5-3-2-4-6-11/h2-10,19H,1H3,(H,17,18). The lowest BCUT2D eigenvalue weighted by molar-refractivity contribution is 0.103. The van der Waals surface area contributed by atoms with Crippen LogP contribution in [0.5, 0.6) is 0 Å². The molecule has 1 unspecified atom stereocenters. The van der Waals surface area contributed by atoms with Crippen molar-refractivity contribution in [2.24, 2.45) is 0 Å². The molecule has 2 N–H and O–H groups in total. The van der Waals surface area contributed by atoms with Gasteiger partial charge in [-0.05, 0) is 25.1 Å². The quantitative estimate of drug-likeness (QED) is 0.716. The molecule has 4 nitrogen and oxygen atoms in total.